The average Bonchev–Trinajstić information content (AvgIpc) is 2.43. The van der Waals surface area contributed by atoms with Crippen molar-refractivity contribution in [2.75, 3.05) is 7.05 Å². The van der Waals surface area contributed by atoms with Crippen molar-refractivity contribution in [2.24, 2.45) is 10.9 Å². The molecule has 1 aromatic carbocycles. The van der Waals surface area contributed by atoms with E-state index in [9.17, 15) is 22.4 Å². The molecule has 0 bridgehead atoms. The maximum atomic E-state index is 13.8. The van der Waals surface area contributed by atoms with Crippen LogP contribution in [0.3, 0.4) is 0 Å². The average molecular weight is 307 g/mol. The fraction of sp³-hybridized carbons (Fsp3) is 0.333. The number of nitrogens with two attached hydrogens (primary N) is 1. The van der Waals surface area contributed by atoms with Crippen LogP contribution in [-0.4, -0.2) is 34.9 Å². The first-order chi connectivity index (χ1) is 9.61. The second kappa shape index (κ2) is 5.98. The monoisotopic (exact) mass is 307 g/mol. The molecule has 0 fully saturated rings. The van der Waals surface area contributed by atoms with Crippen LogP contribution >= 0.6 is 0 Å². The number of alkyl halides is 3. The van der Waals surface area contributed by atoms with Gasteiger partial charge >= 0.3 is 6.18 Å². The molecule has 0 spiro atoms. The Kier molecular flexibility index (Phi) is 4.77. The molecular formula is C12H13F4N3O2. The van der Waals surface area contributed by atoms with Gasteiger partial charge in [0.1, 0.15) is 5.82 Å². The van der Waals surface area contributed by atoms with Crippen LogP contribution in [0.2, 0.25) is 0 Å². The zero-order chi connectivity index (χ0) is 16.4. The molecule has 0 radical (unpaired) electrons. The van der Waals surface area contributed by atoms with Gasteiger partial charge in [-0.05, 0) is 19.1 Å². The molecule has 0 saturated carbocycles. The van der Waals surface area contributed by atoms with Crippen LogP contribution in [0.4, 0.5) is 17.6 Å². The molecule has 0 aliphatic carbocycles. The van der Waals surface area contributed by atoms with E-state index < -0.39 is 35.1 Å². The molecule has 0 aromatic heterocycles. The standard InChI is InChI=1S/C12H13F4N3O2/c1-6(10(17)18-21)19(2)11(20)7-4-3-5-8(9(7)13)12(14,15)16/h3-6,21H,1-2H3,(H2,17,18). The van der Waals surface area contributed by atoms with E-state index in [-0.39, 0.29) is 5.84 Å². The SMILES string of the molecule is CC(/C(N)=N/O)N(C)C(=O)c1cccc(C(F)(F)F)c1F. The summed E-state index contributed by atoms with van der Waals surface area (Å²) in [6.07, 6.45) is -4.91. The second-order valence-electron chi connectivity index (χ2n) is 4.28. The van der Waals surface area contributed by atoms with Crippen molar-refractivity contribution in [1.82, 2.24) is 4.90 Å². The van der Waals surface area contributed by atoms with Crippen molar-refractivity contribution < 1.29 is 27.6 Å². The van der Waals surface area contributed by atoms with Gasteiger partial charge in [-0.15, -0.1) is 0 Å². The van der Waals surface area contributed by atoms with Crippen molar-refractivity contribution in [2.45, 2.75) is 19.1 Å². The summed E-state index contributed by atoms with van der Waals surface area (Å²) in [6, 6.07) is 1.49. The van der Waals surface area contributed by atoms with Crippen LogP contribution in [-0.2, 0) is 6.18 Å². The van der Waals surface area contributed by atoms with E-state index in [0.717, 1.165) is 17.0 Å². The summed E-state index contributed by atoms with van der Waals surface area (Å²) < 4.78 is 51.6. The molecule has 3 N–H and O–H groups in total. The number of likely N-dealkylation sites (N-methyl/N-ethyl adjacent to an activating group) is 1. The zero-order valence-electron chi connectivity index (χ0n) is 11.1. The minimum atomic E-state index is -4.91. The minimum absolute atomic E-state index is 0.335. The summed E-state index contributed by atoms with van der Waals surface area (Å²) in [6.45, 7) is 1.37. The van der Waals surface area contributed by atoms with E-state index in [0.29, 0.717) is 6.07 Å². The predicted octanol–water partition coefficient (Wildman–Crippen LogP) is 2.05. The van der Waals surface area contributed by atoms with E-state index in [1.54, 1.807) is 0 Å². The molecule has 5 nitrogen and oxygen atoms in total. The molecular weight excluding hydrogens is 294 g/mol. The number of hydrogen-bond acceptors (Lipinski definition) is 3. The maximum absolute atomic E-state index is 13.8. The van der Waals surface area contributed by atoms with Crippen molar-refractivity contribution in [1.29, 1.82) is 0 Å². The summed E-state index contributed by atoms with van der Waals surface area (Å²) in [5.41, 5.74) is 3.03. The molecule has 0 saturated heterocycles. The second-order valence-corrected chi connectivity index (χ2v) is 4.28. The Balaban J connectivity index is 3.20. The lowest BCUT2D eigenvalue weighted by molar-refractivity contribution is -0.140. The molecule has 0 aliphatic heterocycles. The number of nitrogens with zero attached hydrogens (tertiary/aromatic N) is 2. The van der Waals surface area contributed by atoms with Crippen LogP contribution in [0.5, 0.6) is 0 Å². The number of carbonyl (C=O) groups excluding carboxylic acids is 1. The number of carbonyl (C=O) groups is 1. The van der Waals surface area contributed by atoms with Gasteiger partial charge in [0.2, 0.25) is 0 Å². The lowest BCUT2D eigenvalue weighted by Crippen LogP contribution is -2.44. The molecule has 0 aliphatic rings. The number of rotatable bonds is 3. The number of amides is 1. The summed E-state index contributed by atoms with van der Waals surface area (Å²) in [7, 11) is 1.20. The van der Waals surface area contributed by atoms with Gasteiger partial charge < -0.3 is 15.8 Å². The van der Waals surface area contributed by atoms with Crippen LogP contribution in [0, 0.1) is 5.82 Å². The third-order valence-electron chi connectivity index (χ3n) is 2.98. The van der Waals surface area contributed by atoms with Crippen LogP contribution in [0.15, 0.2) is 23.4 Å². The Morgan fingerprint density at radius 1 is 1.43 bits per heavy atom. The van der Waals surface area contributed by atoms with E-state index >= 15 is 0 Å². The molecule has 21 heavy (non-hydrogen) atoms. The Bertz CT molecular complexity index is 572. The number of hydrogen-bond donors (Lipinski definition) is 2. The lowest BCUT2D eigenvalue weighted by Gasteiger charge is -2.24. The highest BCUT2D eigenvalue weighted by atomic mass is 19.4. The first-order valence-electron chi connectivity index (χ1n) is 5.71. The zero-order valence-corrected chi connectivity index (χ0v) is 11.1. The quantitative estimate of drug-likeness (QED) is 0.295. The molecule has 1 atom stereocenters. The summed E-state index contributed by atoms with van der Waals surface area (Å²) in [5.74, 6) is -3.01. The fourth-order valence-electron chi connectivity index (χ4n) is 1.56. The first kappa shape index (κ1) is 16.7. The number of oxime groups is 1. The molecule has 1 unspecified atom stereocenters. The highest BCUT2D eigenvalue weighted by Gasteiger charge is 2.36. The smallest absolute Gasteiger partial charge is 0.409 e. The van der Waals surface area contributed by atoms with E-state index in [2.05, 4.69) is 5.16 Å². The molecule has 0 heterocycles. The van der Waals surface area contributed by atoms with Crippen LogP contribution in [0.25, 0.3) is 0 Å². The molecule has 1 amide bonds. The van der Waals surface area contributed by atoms with Crippen molar-refractivity contribution >= 4 is 11.7 Å². The van der Waals surface area contributed by atoms with E-state index in [1.165, 1.54) is 14.0 Å². The third-order valence-corrected chi connectivity index (χ3v) is 2.98. The Morgan fingerprint density at radius 3 is 2.48 bits per heavy atom. The Morgan fingerprint density at radius 2 is 2.00 bits per heavy atom. The van der Waals surface area contributed by atoms with Gasteiger partial charge in [-0.2, -0.15) is 13.2 Å². The first-order valence-corrected chi connectivity index (χ1v) is 5.71. The largest absolute Gasteiger partial charge is 0.419 e. The van der Waals surface area contributed by atoms with Gasteiger partial charge in [0.05, 0.1) is 17.2 Å². The van der Waals surface area contributed by atoms with Gasteiger partial charge in [-0.1, -0.05) is 11.2 Å². The van der Waals surface area contributed by atoms with Crippen molar-refractivity contribution in [3.05, 3.63) is 35.1 Å². The minimum Gasteiger partial charge on any atom is -0.409 e. The molecule has 116 valence electrons. The highest BCUT2D eigenvalue weighted by molar-refractivity contribution is 5.98. The molecule has 1 aromatic rings. The number of benzene rings is 1. The van der Waals surface area contributed by atoms with E-state index in [4.69, 9.17) is 10.9 Å². The van der Waals surface area contributed by atoms with Gasteiger partial charge in [-0.25, -0.2) is 4.39 Å². The third kappa shape index (κ3) is 3.41. The van der Waals surface area contributed by atoms with Crippen LogP contribution in [0.1, 0.15) is 22.8 Å². The van der Waals surface area contributed by atoms with Gasteiger partial charge in [0.25, 0.3) is 5.91 Å². The highest BCUT2D eigenvalue weighted by Crippen LogP contribution is 2.32. The Hall–Kier alpha value is -2.32. The predicted molar refractivity (Wildman–Crippen MR) is 66.4 cm³/mol. The number of halogens is 4. The van der Waals surface area contributed by atoms with E-state index in [1.807, 2.05) is 0 Å². The van der Waals surface area contributed by atoms with Crippen molar-refractivity contribution in [3.8, 4) is 0 Å². The lowest BCUT2D eigenvalue weighted by atomic mass is 10.1. The summed E-state index contributed by atoms with van der Waals surface area (Å²) >= 11 is 0. The molecule has 9 heteroatoms. The van der Waals surface area contributed by atoms with Gasteiger partial charge in [-0.3, -0.25) is 4.79 Å². The van der Waals surface area contributed by atoms with Crippen LogP contribution < -0.4 is 5.73 Å². The fourth-order valence-corrected chi connectivity index (χ4v) is 1.56. The van der Waals surface area contributed by atoms with Crippen molar-refractivity contribution in [3.63, 3.8) is 0 Å². The van der Waals surface area contributed by atoms with Gasteiger partial charge in [0.15, 0.2) is 5.84 Å². The maximum Gasteiger partial charge on any atom is 0.419 e. The van der Waals surface area contributed by atoms with Gasteiger partial charge in [0, 0.05) is 7.05 Å². The normalized spacial score (nSPS) is 13.9. The topological polar surface area (TPSA) is 78.9 Å². The number of amidine groups is 1. The molecule has 1 rings (SSSR count). The Labute approximate surface area is 117 Å². The summed E-state index contributed by atoms with van der Waals surface area (Å²) in [5, 5.41) is 11.2. The summed E-state index contributed by atoms with van der Waals surface area (Å²) in [4.78, 5) is 12.9.